The van der Waals surface area contributed by atoms with Crippen molar-refractivity contribution in [2.75, 3.05) is 4.72 Å². The minimum absolute atomic E-state index is 0.0143. The number of fused-ring (bicyclic) bond motifs is 3. The van der Waals surface area contributed by atoms with Crippen molar-refractivity contribution in [1.82, 2.24) is 19.6 Å². The number of thiophene rings is 1. The van der Waals surface area contributed by atoms with Crippen LogP contribution in [-0.2, 0) is 10.0 Å². The molecule has 1 aromatic carbocycles. The number of nitrogens with one attached hydrogen (secondary N) is 1. The van der Waals surface area contributed by atoms with Crippen LogP contribution in [0.15, 0.2) is 33.6 Å². The van der Waals surface area contributed by atoms with Crippen molar-refractivity contribution in [3.05, 3.63) is 40.0 Å². The topological polar surface area (TPSA) is 89.2 Å². The van der Waals surface area contributed by atoms with E-state index in [1.54, 1.807) is 6.92 Å². The van der Waals surface area contributed by atoms with E-state index in [2.05, 4.69) is 32.5 Å². The molecular formula is C15H12ClN5O2S3. The molecule has 0 aliphatic rings. The molecule has 0 radical (unpaired) electrons. The Balaban J connectivity index is 1.82. The van der Waals surface area contributed by atoms with Gasteiger partial charge in [0.05, 0.1) is 10.2 Å². The molecule has 0 fully saturated rings. The lowest BCUT2D eigenvalue weighted by Crippen LogP contribution is -2.16. The number of anilines is 1. The van der Waals surface area contributed by atoms with Gasteiger partial charge in [-0.2, -0.15) is 0 Å². The Bertz CT molecular complexity index is 1280. The Morgan fingerprint density at radius 3 is 2.77 bits per heavy atom. The van der Waals surface area contributed by atoms with Crippen LogP contribution < -0.4 is 4.72 Å². The maximum absolute atomic E-state index is 12.8. The van der Waals surface area contributed by atoms with Gasteiger partial charge in [-0.3, -0.25) is 0 Å². The van der Waals surface area contributed by atoms with E-state index in [1.165, 1.54) is 34.2 Å². The summed E-state index contributed by atoms with van der Waals surface area (Å²) in [6.45, 7) is 3.68. The zero-order valence-corrected chi connectivity index (χ0v) is 16.8. The lowest BCUT2D eigenvalue weighted by Gasteiger charge is -2.10. The van der Waals surface area contributed by atoms with E-state index in [1.807, 2.05) is 12.3 Å². The number of rotatable bonds is 3. The van der Waals surface area contributed by atoms with E-state index in [9.17, 15) is 8.42 Å². The molecule has 0 aliphatic carbocycles. The molecule has 0 atom stereocenters. The van der Waals surface area contributed by atoms with Crippen molar-refractivity contribution in [2.45, 2.75) is 23.6 Å². The Labute approximate surface area is 163 Å². The monoisotopic (exact) mass is 425 g/mol. The average molecular weight is 426 g/mol. The van der Waals surface area contributed by atoms with E-state index in [-0.39, 0.29) is 15.7 Å². The summed E-state index contributed by atoms with van der Waals surface area (Å²) in [5.74, 6) is 0.0563. The van der Waals surface area contributed by atoms with Gasteiger partial charge in [0, 0.05) is 9.92 Å². The Morgan fingerprint density at radius 1 is 1.23 bits per heavy atom. The van der Waals surface area contributed by atoms with Gasteiger partial charge in [0.25, 0.3) is 10.0 Å². The zero-order valence-electron chi connectivity index (χ0n) is 13.6. The molecule has 11 heteroatoms. The molecule has 0 saturated heterocycles. The summed E-state index contributed by atoms with van der Waals surface area (Å²) < 4.78 is 30.4. The molecule has 4 rings (SSSR count). The van der Waals surface area contributed by atoms with Gasteiger partial charge < -0.3 is 0 Å². The highest BCUT2D eigenvalue weighted by Crippen LogP contribution is 2.30. The van der Waals surface area contributed by atoms with Crippen molar-refractivity contribution < 1.29 is 8.42 Å². The predicted octanol–water partition coefficient (Wildman–Crippen LogP) is 3.70. The van der Waals surface area contributed by atoms with Crippen molar-refractivity contribution in [3.63, 3.8) is 0 Å². The van der Waals surface area contributed by atoms with E-state index < -0.39 is 10.0 Å². The largest absolute Gasteiger partial charge is 0.265 e. The van der Waals surface area contributed by atoms with Crippen LogP contribution in [-0.4, -0.2) is 28.0 Å². The Kier molecular flexibility index (Phi) is 4.10. The van der Waals surface area contributed by atoms with Crippen molar-refractivity contribution in [1.29, 1.82) is 0 Å². The van der Waals surface area contributed by atoms with Gasteiger partial charge in [0.1, 0.15) is 11.2 Å². The molecule has 0 saturated carbocycles. The molecule has 134 valence electrons. The standard InChI is InChI=1S/C15H12ClN5O2S3/c1-7-3-11(10(24)4-9(7)16)26(22,23)20-15-19-18-14-13-12(8(2)5-25-13)17-6-21(14)15/h3-6,24H,1-2H3,(H,19,20). The molecule has 7 nitrogen and oxygen atoms in total. The first-order valence-electron chi connectivity index (χ1n) is 7.37. The molecule has 0 bridgehead atoms. The molecule has 1 N–H and O–H groups in total. The normalized spacial score (nSPS) is 12.2. The molecule has 3 aromatic heterocycles. The van der Waals surface area contributed by atoms with Gasteiger partial charge in [0.2, 0.25) is 5.95 Å². The summed E-state index contributed by atoms with van der Waals surface area (Å²) in [6.07, 6.45) is 1.50. The maximum Gasteiger partial charge on any atom is 0.265 e. The number of hydrogen-bond donors (Lipinski definition) is 2. The average Bonchev–Trinajstić information content (AvgIpc) is 3.14. The highest BCUT2D eigenvalue weighted by atomic mass is 35.5. The number of aromatic nitrogens is 4. The van der Waals surface area contributed by atoms with Crippen molar-refractivity contribution in [3.8, 4) is 0 Å². The summed E-state index contributed by atoms with van der Waals surface area (Å²) in [5, 5.41) is 10.5. The fourth-order valence-corrected chi connectivity index (χ4v) is 5.46. The van der Waals surface area contributed by atoms with Gasteiger partial charge in [-0.05, 0) is 42.5 Å². The highest BCUT2D eigenvalue weighted by molar-refractivity contribution is 7.93. The Morgan fingerprint density at radius 2 is 2.00 bits per heavy atom. The van der Waals surface area contributed by atoms with Gasteiger partial charge in [0.15, 0.2) is 5.65 Å². The smallest absolute Gasteiger partial charge is 0.249 e. The first kappa shape index (κ1) is 17.5. The lowest BCUT2D eigenvalue weighted by atomic mass is 10.2. The maximum atomic E-state index is 12.8. The molecule has 0 unspecified atom stereocenters. The van der Waals surface area contributed by atoms with Crippen LogP contribution in [0.2, 0.25) is 5.02 Å². The second kappa shape index (κ2) is 6.08. The van der Waals surface area contributed by atoms with Crippen molar-refractivity contribution >= 4 is 67.4 Å². The minimum atomic E-state index is -3.93. The van der Waals surface area contributed by atoms with Crippen LogP contribution in [0.1, 0.15) is 11.1 Å². The first-order chi connectivity index (χ1) is 12.3. The SMILES string of the molecule is Cc1cc(S(=O)(=O)Nc2nnc3c4scc(C)c4ncn23)c(S)cc1Cl. The Hall–Kier alpha value is -1.88. The summed E-state index contributed by atoms with van der Waals surface area (Å²) in [6, 6.07) is 2.96. The van der Waals surface area contributed by atoms with Gasteiger partial charge in [-0.25, -0.2) is 22.5 Å². The van der Waals surface area contributed by atoms with E-state index in [4.69, 9.17) is 11.6 Å². The highest BCUT2D eigenvalue weighted by Gasteiger charge is 2.22. The van der Waals surface area contributed by atoms with Gasteiger partial charge in [-0.15, -0.1) is 34.2 Å². The number of halogens is 1. The molecule has 0 spiro atoms. The number of benzene rings is 1. The third kappa shape index (κ3) is 2.73. The van der Waals surface area contributed by atoms with Gasteiger partial charge >= 0.3 is 0 Å². The van der Waals surface area contributed by atoms with Crippen molar-refractivity contribution in [2.24, 2.45) is 0 Å². The fraction of sp³-hybridized carbons (Fsp3) is 0.133. The van der Waals surface area contributed by atoms with E-state index in [0.717, 1.165) is 15.8 Å². The quantitative estimate of drug-likeness (QED) is 0.488. The van der Waals surface area contributed by atoms with Crippen LogP contribution in [0.3, 0.4) is 0 Å². The lowest BCUT2D eigenvalue weighted by molar-refractivity contribution is 0.598. The molecule has 0 amide bonds. The second-order valence-electron chi connectivity index (χ2n) is 5.73. The molecule has 0 aliphatic heterocycles. The molecular weight excluding hydrogens is 414 g/mol. The minimum Gasteiger partial charge on any atom is -0.249 e. The van der Waals surface area contributed by atoms with E-state index in [0.29, 0.717) is 16.2 Å². The molecule has 3 heterocycles. The number of sulfonamides is 1. The first-order valence-corrected chi connectivity index (χ1v) is 10.6. The summed E-state index contributed by atoms with van der Waals surface area (Å²) in [5.41, 5.74) is 3.04. The third-order valence-electron chi connectivity index (χ3n) is 3.90. The summed E-state index contributed by atoms with van der Waals surface area (Å²) in [7, 11) is -3.93. The molecule has 26 heavy (non-hydrogen) atoms. The number of nitrogens with zero attached hydrogens (tertiary/aromatic N) is 4. The number of thiol groups is 1. The third-order valence-corrected chi connectivity index (χ3v) is 7.28. The zero-order chi connectivity index (χ0) is 18.6. The van der Waals surface area contributed by atoms with Crippen LogP contribution in [0.25, 0.3) is 15.9 Å². The fourth-order valence-electron chi connectivity index (χ4n) is 2.53. The summed E-state index contributed by atoms with van der Waals surface area (Å²) in [4.78, 5) is 4.63. The van der Waals surface area contributed by atoms with Crippen LogP contribution in [0.5, 0.6) is 0 Å². The van der Waals surface area contributed by atoms with E-state index >= 15 is 0 Å². The van der Waals surface area contributed by atoms with Gasteiger partial charge in [-0.1, -0.05) is 11.6 Å². The number of aryl methyl sites for hydroxylation is 2. The predicted molar refractivity (Wildman–Crippen MR) is 105 cm³/mol. The van der Waals surface area contributed by atoms with Crippen LogP contribution in [0.4, 0.5) is 5.95 Å². The second-order valence-corrected chi connectivity index (χ2v) is 9.15. The van der Waals surface area contributed by atoms with Crippen LogP contribution >= 0.6 is 35.6 Å². The van der Waals surface area contributed by atoms with Crippen LogP contribution in [0, 0.1) is 13.8 Å². The summed E-state index contributed by atoms with van der Waals surface area (Å²) >= 11 is 11.7. The molecule has 4 aromatic rings. The number of hydrogen-bond acceptors (Lipinski definition) is 7.